The molecule has 0 fully saturated rings. The molecule has 3 N–H and O–H groups in total. The van der Waals surface area contributed by atoms with E-state index in [-0.39, 0.29) is 11.4 Å². The number of halogens is 3. The van der Waals surface area contributed by atoms with Gasteiger partial charge in [-0.25, -0.2) is 13.8 Å². The van der Waals surface area contributed by atoms with Gasteiger partial charge in [0.2, 0.25) is 0 Å². The Hall–Kier alpha value is -1.95. The van der Waals surface area contributed by atoms with E-state index < -0.39 is 11.6 Å². The van der Waals surface area contributed by atoms with Crippen molar-refractivity contribution in [2.24, 2.45) is 0 Å². The first-order chi connectivity index (χ1) is 9.04. The molecule has 0 amide bonds. The van der Waals surface area contributed by atoms with E-state index in [1.165, 1.54) is 0 Å². The first kappa shape index (κ1) is 12.1. The Morgan fingerprint density at radius 1 is 1.16 bits per heavy atom. The summed E-state index contributed by atoms with van der Waals surface area (Å²) in [5, 5.41) is 0. The zero-order chi connectivity index (χ0) is 13.6. The van der Waals surface area contributed by atoms with Crippen molar-refractivity contribution in [2.45, 2.75) is 0 Å². The number of anilines is 1. The molecule has 0 spiro atoms. The summed E-state index contributed by atoms with van der Waals surface area (Å²) >= 11 is 3.31. The number of nitrogens with one attached hydrogen (secondary N) is 1. The van der Waals surface area contributed by atoms with Crippen LogP contribution in [0, 0.1) is 11.6 Å². The van der Waals surface area contributed by atoms with Crippen LogP contribution in [0.25, 0.3) is 22.4 Å². The number of hydrogen-bond donors (Lipinski definition) is 2. The van der Waals surface area contributed by atoms with Gasteiger partial charge in [0.05, 0.1) is 16.8 Å². The van der Waals surface area contributed by atoms with Crippen molar-refractivity contribution in [3.63, 3.8) is 0 Å². The van der Waals surface area contributed by atoms with Crippen LogP contribution < -0.4 is 5.73 Å². The van der Waals surface area contributed by atoms with Crippen LogP contribution in [0.4, 0.5) is 14.5 Å². The molecule has 0 atom stereocenters. The average Bonchev–Trinajstić information content (AvgIpc) is 2.76. The van der Waals surface area contributed by atoms with Crippen molar-refractivity contribution in [3.8, 4) is 11.4 Å². The molecule has 3 rings (SSSR count). The number of nitrogens with two attached hydrogens (primary N) is 1. The summed E-state index contributed by atoms with van der Waals surface area (Å²) in [5.41, 5.74) is 7.56. The maximum atomic E-state index is 13.7. The third kappa shape index (κ3) is 2.08. The Labute approximate surface area is 115 Å². The van der Waals surface area contributed by atoms with Crippen LogP contribution in [0.2, 0.25) is 0 Å². The molecule has 1 heterocycles. The number of imidazole rings is 1. The van der Waals surface area contributed by atoms with Crippen molar-refractivity contribution < 1.29 is 8.78 Å². The lowest BCUT2D eigenvalue weighted by Crippen LogP contribution is -1.88. The Morgan fingerprint density at radius 3 is 2.74 bits per heavy atom. The molecule has 0 aliphatic carbocycles. The van der Waals surface area contributed by atoms with Gasteiger partial charge in [-0.3, -0.25) is 0 Å². The normalized spacial score (nSPS) is 11.1. The van der Waals surface area contributed by atoms with E-state index in [0.29, 0.717) is 16.7 Å². The molecule has 1 aromatic heterocycles. The van der Waals surface area contributed by atoms with E-state index in [4.69, 9.17) is 5.73 Å². The van der Waals surface area contributed by atoms with E-state index in [2.05, 4.69) is 25.9 Å². The van der Waals surface area contributed by atoms with Gasteiger partial charge in [-0.15, -0.1) is 0 Å². The SMILES string of the molecule is Nc1cc(Br)cc2[nH]c(-c3cc(F)ccc3F)nc12. The number of aromatic nitrogens is 2. The topological polar surface area (TPSA) is 54.7 Å². The van der Waals surface area contributed by atoms with E-state index >= 15 is 0 Å². The first-order valence-corrected chi connectivity index (χ1v) is 6.24. The minimum absolute atomic E-state index is 0.0757. The molecule has 0 radical (unpaired) electrons. The van der Waals surface area contributed by atoms with Crippen LogP contribution >= 0.6 is 15.9 Å². The molecule has 19 heavy (non-hydrogen) atoms. The number of nitrogens with zero attached hydrogens (tertiary/aromatic N) is 1. The van der Waals surface area contributed by atoms with Crippen LogP contribution in [0.1, 0.15) is 0 Å². The highest BCUT2D eigenvalue weighted by Gasteiger charge is 2.13. The van der Waals surface area contributed by atoms with Crippen molar-refractivity contribution in [1.29, 1.82) is 0 Å². The third-order valence-electron chi connectivity index (χ3n) is 2.76. The molecule has 2 aromatic carbocycles. The van der Waals surface area contributed by atoms with Crippen LogP contribution in [0.15, 0.2) is 34.8 Å². The van der Waals surface area contributed by atoms with Crippen molar-refractivity contribution in [2.75, 3.05) is 5.73 Å². The molecule has 0 saturated heterocycles. The highest BCUT2D eigenvalue weighted by atomic mass is 79.9. The number of benzene rings is 2. The lowest BCUT2D eigenvalue weighted by molar-refractivity contribution is 0.602. The van der Waals surface area contributed by atoms with Gasteiger partial charge in [0.1, 0.15) is 23.0 Å². The molecule has 0 bridgehead atoms. The monoisotopic (exact) mass is 323 g/mol. The fourth-order valence-electron chi connectivity index (χ4n) is 1.91. The van der Waals surface area contributed by atoms with Gasteiger partial charge >= 0.3 is 0 Å². The lowest BCUT2D eigenvalue weighted by atomic mass is 10.2. The maximum Gasteiger partial charge on any atom is 0.141 e. The lowest BCUT2D eigenvalue weighted by Gasteiger charge is -1.98. The number of aromatic amines is 1. The van der Waals surface area contributed by atoms with Gasteiger partial charge in [0, 0.05) is 4.47 Å². The summed E-state index contributed by atoms with van der Waals surface area (Å²) in [5.74, 6) is -0.819. The molecule has 96 valence electrons. The Kier molecular flexibility index (Phi) is 2.74. The fourth-order valence-corrected chi connectivity index (χ4v) is 2.39. The first-order valence-electron chi connectivity index (χ1n) is 5.45. The number of hydrogen-bond acceptors (Lipinski definition) is 2. The molecule has 3 nitrogen and oxygen atoms in total. The number of rotatable bonds is 1. The molecule has 6 heteroatoms. The molecule has 0 saturated carbocycles. The Morgan fingerprint density at radius 2 is 1.95 bits per heavy atom. The van der Waals surface area contributed by atoms with Gasteiger partial charge in [0.15, 0.2) is 0 Å². The second-order valence-electron chi connectivity index (χ2n) is 4.10. The van der Waals surface area contributed by atoms with Crippen LogP contribution in [-0.2, 0) is 0 Å². The second kappa shape index (κ2) is 4.31. The Balaban J connectivity index is 2.26. The van der Waals surface area contributed by atoms with Crippen molar-refractivity contribution in [3.05, 3.63) is 46.4 Å². The molecule has 0 unspecified atom stereocenters. The summed E-state index contributed by atoms with van der Waals surface area (Å²) in [7, 11) is 0. The summed E-state index contributed by atoms with van der Waals surface area (Å²) < 4.78 is 27.7. The van der Waals surface area contributed by atoms with Crippen molar-refractivity contribution >= 4 is 32.7 Å². The maximum absolute atomic E-state index is 13.7. The summed E-state index contributed by atoms with van der Waals surface area (Å²) in [6, 6.07) is 6.70. The van der Waals surface area contributed by atoms with Gasteiger partial charge in [-0.05, 0) is 30.3 Å². The molecular weight excluding hydrogens is 316 g/mol. The summed E-state index contributed by atoms with van der Waals surface area (Å²) in [4.78, 5) is 7.15. The zero-order valence-electron chi connectivity index (χ0n) is 9.55. The zero-order valence-corrected chi connectivity index (χ0v) is 11.1. The van der Waals surface area contributed by atoms with Gasteiger partial charge in [-0.1, -0.05) is 15.9 Å². The molecule has 0 aliphatic heterocycles. The molecule has 3 aromatic rings. The van der Waals surface area contributed by atoms with E-state index in [9.17, 15) is 8.78 Å². The standard InChI is InChI=1S/C13H8BrF2N3/c14-6-3-10(17)12-11(4-6)18-13(19-12)8-5-7(15)1-2-9(8)16/h1-5H,17H2,(H,18,19). The highest BCUT2D eigenvalue weighted by Crippen LogP contribution is 2.29. The van der Waals surface area contributed by atoms with E-state index in [1.807, 2.05) is 0 Å². The predicted octanol–water partition coefficient (Wildman–Crippen LogP) is 3.85. The van der Waals surface area contributed by atoms with Crippen LogP contribution in [-0.4, -0.2) is 9.97 Å². The molecule has 0 aliphatic rings. The smallest absolute Gasteiger partial charge is 0.141 e. The average molecular weight is 324 g/mol. The second-order valence-corrected chi connectivity index (χ2v) is 5.02. The van der Waals surface area contributed by atoms with Crippen molar-refractivity contribution in [1.82, 2.24) is 9.97 Å². The quantitative estimate of drug-likeness (QED) is 0.668. The van der Waals surface area contributed by atoms with Gasteiger partial charge in [0.25, 0.3) is 0 Å². The summed E-state index contributed by atoms with van der Waals surface area (Å²) in [6.07, 6.45) is 0. The van der Waals surface area contributed by atoms with Gasteiger partial charge in [-0.2, -0.15) is 0 Å². The predicted molar refractivity (Wildman–Crippen MR) is 73.6 cm³/mol. The third-order valence-corrected chi connectivity index (χ3v) is 3.22. The fraction of sp³-hybridized carbons (Fsp3) is 0. The van der Waals surface area contributed by atoms with E-state index in [1.54, 1.807) is 12.1 Å². The number of fused-ring (bicyclic) bond motifs is 1. The minimum atomic E-state index is -0.543. The number of H-pyrrole nitrogens is 1. The van der Waals surface area contributed by atoms with Crippen LogP contribution in [0.3, 0.4) is 0 Å². The van der Waals surface area contributed by atoms with E-state index in [0.717, 1.165) is 22.7 Å². The minimum Gasteiger partial charge on any atom is -0.397 e. The largest absolute Gasteiger partial charge is 0.397 e. The number of nitrogen functional groups attached to an aromatic ring is 1. The highest BCUT2D eigenvalue weighted by molar-refractivity contribution is 9.10. The van der Waals surface area contributed by atoms with Crippen LogP contribution in [0.5, 0.6) is 0 Å². The molecular formula is C13H8BrF2N3. The summed E-state index contributed by atoms with van der Waals surface area (Å²) in [6.45, 7) is 0. The Bertz CT molecular complexity index is 783. The van der Waals surface area contributed by atoms with Gasteiger partial charge < -0.3 is 10.7 Å².